The third-order valence-corrected chi connectivity index (χ3v) is 4.32. The minimum atomic E-state index is -2.20. The summed E-state index contributed by atoms with van der Waals surface area (Å²) in [7, 11) is 0. The maximum absolute atomic E-state index is 13.8. The SMILES string of the molecule is Cc1ccc(CNC(=S)Nc2ccn(Cc3c(F)c(F)c(F)c(F)c3F)n2)cc1. The van der Waals surface area contributed by atoms with Gasteiger partial charge in [-0.3, -0.25) is 4.68 Å². The summed E-state index contributed by atoms with van der Waals surface area (Å²) in [6.45, 7) is 1.81. The Labute approximate surface area is 168 Å². The van der Waals surface area contributed by atoms with Crippen LogP contribution in [0.2, 0.25) is 0 Å². The van der Waals surface area contributed by atoms with Gasteiger partial charge in [0, 0.05) is 18.8 Å². The molecule has 0 fully saturated rings. The number of benzene rings is 2. The number of anilines is 1. The molecule has 10 heteroatoms. The summed E-state index contributed by atoms with van der Waals surface area (Å²) in [5.74, 6) is -9.72. The quantitative estimate of drug-likeness (QED) is 0.274. The lowest BCUT2D eigenvalue weighted by atomic mass is 10.1. The predicted molar refractivity (Wildman–Crippen MR) is 102 cm³/mol. The van der Waals surface area contributed by atoms with Crippen LogP contribution in [0.15, 0.2) is 36.5 Å². The number of nitrogens with one attached hydrogen (secondary N) is 2. The van der Waals surface area contributed by atoms with Gasteiger partial charge in [0.25, 0.3) is 0 Å². The molecular weight excluding hydrogens is 411 g/mol. The van der Waals surface area contributed by atoms with Crippen LogP contribution in [0.1, 0.15) is 16.7 Å². The first-order valence-corrected chi connectivity index (χ1v) is 8.81. The molecule has 0 bridgehead atoms. The summed E-state index contributed by atoms with van der Waals surface area (Å²) in [5.41, 5.74) is 1.17. The van der Waals surface area contributed by atoms with Crippen molar-refractivity contribution in [2.24, 2.45) is 0 Å². The lowest BCUT2D eigenvalue weighted by molar-refractivity contribution is 0.367. The van der Waals surface area contributed by atoms with E-state index in [-0.39, 0.29) is 10.9 Å². The highest BCUT2D eigenvalue weighted by atomic mass is 32.1. The molecule has 3 rings (SSSR count). The van der Waals surface area contributed by atoms with Crippen LogP contribution in [0, 0.1) is 36.0 Å². The Hall–Kier alpha value is -3.01. The number of hydrogen-bond acceptors (Lipinski definition) is 2. The largest absolute Gasteiger partial charge is 0.358 e. The van der Waals surface area contributed by atoms with Crippen molar-refractivity contribution in [3.8, 4) is 0 Å². The van der Waals surface area contributed by atoms with Gasteiger partial charge in [-0.2, -0.15) is 5.10 Å². The van der Waals surface area contributed by atoms with E-state index in [1.807, 2.05) is 31.2 Å². The summed E-state index contributed by atoms with van der Waals surface area (Å²) in [5, 5.41) is 10.00. The number of thiocarbonyl (C=S) groups is 1. The van der Waals surface area contributed by atoms with E-state index in [1.54, 1.807) is 0 Å². The van der Waals surface area contributed by atoms with Crippen LogP contribution in [-0.4, -0.2) is 14.9 Å². The molecule has 29 heavy (non-hydrogen) atoms. The van der Waals surface area contributed by atoms with Crippen LogP contribution in [0.3, 0.4) is 0 Å². The van der Waals surface area contributed by atoms with Crippen molar-refractivity contribution in [2.45, 2.75) is 20.0 Å². The zero-order valence-corrected chi connectivity index (χ0v) is 15.9. The van der Waals surface area contributed by atoms with E-state index in [0.29, 0.717) is 6.54 Å². The maximum Gasteiger partial charge on any atom is 0.200 e. The van der Waals surface area contributed by atoms with Crippen LogP contribution in [0.4, 0.5) is 27.8 Å². The van der Waals surface area contributed by atoms with Gasteiger partial charge in [0.15, 0.2) is 34.2 Å². The molecule has 1 aromatic heterocycles. The number of hydrogen-bond donors (Lipinski definition) is 2. The first kappa shape index (κ1) is 20.7. The number of nitrogens with zero attached hydrogens (tertiary/aromatic N) is 2. The third kappa shape index (κ3) is 4.70. The highest BCUT2D eigenvalue weighted by Gasteiger charge is 2.25. The average molecular weight is 426 g/mol. The van der Waals surface area contributed by atoms with Crippen LogP contribution < -0.4 is 10.6 Å². The highest BCUT2D eigenvalue weighted by molar-refractivity contribution is 7.80. The van der Waals surface area contributed by atoms with E-state index in [2.05, 4.69) is 15.7 Å². The van der Waals surface area contributed by atoms with E-state index in [9.17, 15) is 22.0 Å². The van der Waals surface area contributed by atoms with Crippen LogP contribution >= 0.6 is 12.2 Å². The van der Waals surface area contributed by atoms with E-state index in [1.165, 1.54) is 12.3 Å². The monoisotopic (exact) mass is 426 g/mol. The summed E-state index contributed by atoms with van der Waals surface area (Å²) in [4.78, 5) is 0. The van der Waals surface area contributed by atoms with Gasteiger partial charge < -0.3 is 10.6 Å². The molecule has 0 aliphatic carbocycles. The normalized spacial score (nSPS) is 10.8. The topological polar surface area (TPSA) is 41.9 Å². The summed E-state index contributed by atoms with van der Waals surface area (Å²) < 4.78 is 68.3. The minimum Gasteiger partial charge on any atom is -0.358 e. The first-order valence-electron chi connectivity index (χ1n) is 8.40. The molecule has 0 spiro atoms. The Kier molecular flexibility index (Phi) is 6.12. The first-order chi connectivity index (χ1) is 13.8. The molecule has 0 unspecified atom stereocenters. The van der Waals surface area contributed by atoms with Crippen molar-refractivity contribution in [3.05, 3.63) is 82.3 Å². The van der Waals surface area contributed by atoms with Crippen LogP contribution in [-0.2, 0) is 13.1 Å². The van der Waals surface area contributed by atoms with E-state index >= 15 is 0 Å². The van der Waals surface area contributed by atoms with Crippen molar-refractivity contribution >= 4 is 23.1 Å². The zero-order chi connectivity index (χ0) is 21.1. The number of rotatable bonds is 5. The maximum atomic E-state index is 13.8. The molecule has 152 valence electrons. The van der Waals surface area contributed by atoms with Crippen molar-refractivity contribution in [2.75, 3.05) is 5.32 Å². The Balaban J connectivity index is 1.64. The van der Waals surface area contributed by atoms with E-state index in [4.69, 9.17) is 12.2 Å². The molecule has 0 saturated heterocycles. The number of aryl methyl sites for hydroxylation is 1. The van der Waals surface area contributed by atoms with Gasteiger partial charge in [-0.1, -0.05) is 29.8 Å². The lowest BCUT2D eigenvalue weighted by Crippen LogP contribution is -2.28. The van der Waals surface area contributed by atoms with Gasteiger partial charge in [-0.15, -0.1) is 0 Å². The Morgan fingerprint density at radius 3 is 2.14 bits per heavy atom. The van der Waals surface area contributed by atoms with Crippen molar-refractivity contribution in [1.29, 1.82) is 0 Å². The van der Waals surface area contributed by atoms with Crippen molar-refractivity contribution < 1.29 is 22.0 Å². The van der Waals surface area contributed by atoms with Gasteiger partial charge in [0.05, 0.1) is 12.1 Å². The van der Waals surface area contributed by atoms with Gasteiger partial charge >= 0.3 is 0 Å². The predicted octanol–water partition coefficient (Wildman–Crippen LogP) is 4.42. The minimum absolute atomic E-state index is 0.246. The molecule has 1 heterocycles. The zero-order valence-electron chi connectivity index (χ0n) is 15.1. The molecule has 0 radical (unpaired) electrons. The Morgan fingerprint density at radius 1 is 0.931 bits per heavy atom. The Bertz CT molecular complexity index is 1020. The van der Waals surface area contributed by atoms with Gasteiger partial charge in [-0.05, 0) is 24.7 Å². The Morgan fingerprint density at radius 2 is 1.52 bits per heavy atom. The second kappa shape index (κ2) is 8.56. The summed E-state index contributed by atoms with van der Waals surface area (Å²) >= 11 is 5.16. The third-order valence-electron chi connectivity index (χ3n) is 4.08. The van der Waals surface area contributed by atoms with Gasteiger partial charge in [0.2, 0.25) is 5.82 Å². The molecule has 2 aromatic carbocycles. The van der Waals surface area contributed by atoms with E-state index in [0.717, 1.165) is 15.8 Å². The second-order valence-corrected chi connectivity index (χ2v) is 6.65. The molecule has 4 nitrogen and oxygen atoms in total. The molecule has 0 amide bonds. The van der Waals surface area contributed by atoms with Crippen molar-refractivity contribution in [1.82, 2.24) is 15.1 Å². The average Bonchev–Trinajstić information content (AvgIpc) is 3.14. The molecule has 0 saturated carbocycles. The fraction of sp³-hybridized carbons (Fsp3) is 0.158. The van der Waals surface area contributed by atoms with Gasteiger partial charge in [0.1, 0.15) is 0 Å². The number of halogens is 5. The van der Waals surface area contributed by atoms with Crippen molar-refractivity contribution in [3.63, 3.8) is 0 Å². The fourth-order valence-corrected chi connectivity index (χ4v) is 2.69. The lowest BCUT2D eigenvalue weighted by Gasteiger charge is -2.10. The summed E-state index contributed by atoms with van der Waals surface area (Å²) in [6.07, 6.45) is 1.32. The van der Waals surface area contributed by atoms with Crippen LogP contribution in [0.25, 0.3) is 0 Å². The standard InChI is InChI=1S/C19H15F5N4S/c1-10-2-4-11(5-3-10)8-25-19(29)26-13-6-7-28(27-13)9-12-14(20)16(22)18(24)17(23)15(12)21/h2-7H,8-9H2,1H3,(H2,25,26,27,29). The molecule has 0 aliphatic rings. The van der Waals surface area contributed by atoms with E-state index < -0.39 is 41.2 Å². The highest BCUT2D eigenvalue weighted by Crippen LogP contribution is 2.23. The van der Waals surface area contributed by atoms with Gasteiger partial charge in [-0.25, -0.2) is 22.0 Å². The molecular formula is C19H15F5N4S. The van der Waals surface area contributed by atoms with Crippen LogP contribution in [0.5, 0.6) is 0 Å². The fourth-order valence-electron chi connectivity index (χ4n) is 2.52. The molecule has 3 aromatic rings. The molecule has 2 N–H and O–H groups in total. The molecule has 0 aliphatic heterocycles. The second-order valence-electron chi connectivity index (χ2n) is 6.24. The summed E-state index contributed by atoms with van der Waals surface area (Å²) in [6, 6.07) is 9.28. The molecule has 0 atom stereocenters. The smallest absolute Gasteiger partial charge is 0.200 e. The number of aromatic nitrogens is 2.